The fourth-order valence-corrected chi connectivity index (χ4v) is 3.04. The van der Waals surface area contributed by atoms with Crippen LogP contribution in [0.4, 0.5) is 5.69 Å². The van der Waals surface area contributed by atoms with Crippen molar-refractivity contribution in [3.8, 4) is 0 Å². The first kappa shape index (κ1) is 22.1. The number of rotatable bonds is 11. The molecule has 2 N–H and O–H groups in total. The zero-order valence-electron chi connectivity index (χ0n) is 17.4. The summed E-state index contributed by atoms with van der Waals surface area (Å²) in [5.41, 5.74) is 1.98. The molecule has 0 aliphatic carbocycles. The zero-order chi connectivity index (χ0) is 21.9. The number of amides is 2. The van der Waals surface area contributed by atoms with Crippen LogP contribution in [-0.4, -0.2) is 51.8 Å². The lowest BCUT2D eigenvalue weighted by Gasteiger charge is -2.17. The van der Waals surface area contributed by atoms with E-state index in [1.54, 1.807) is 24.3 Å². The Bertz CT molecular complexity index is 962. The largest absolute Gasteiger partial charge is 0.382 e. The predicted octanol–water partition coefficient (Wildman–Crippen LogP) is 2.25. The maximum absolute atomic E-state index is 13.0. The molecule has 0 saturated carbocycles. The van der Waals surface area contributed by atoms with Gasteiger partial charge in [-0.15, -0.1) is 5.10 Å². The minimum absolute atomic E-state index is 0.200. The first-order valence-corrected chi connectivity index (χ1v) is 10.2. The number of tetrazole rings is 1. The van der Waals surface area contributed by atoms with Crippen molar-refractivity contribution in [3.63, 3.8) is 0 Å². The highest BCUT2D eigenvalue weighted by Gasteiger charge is 2.22. The Morgan fingerprint density at radius 1 is 1.13 bits per heavy atom. The minimum Gasteiger partial charge on any atom is -0.382 e. The number of nitrogens with zero attached hydrogens (tertiary/aromatic N) is 4. The molecule has 9 nitrogen and oxygen atoms in total. The van der Waals surface area contributed by atoms with Crippen LogP contribution in [0, 0.1) is 0 Å². The molecule has 0 saturated heterocycles. The lowest BCUT2D eigenvalue weighted by Crippen LogP contribution is -2.29. The van der Waals surface area contributed by atoms with Crippen LogP contribution < -0.4 is 10.6 Å². The summed E-state index contributed by atoms with van der Waals surface area (Å²) in [4.78, 5) is 25.4. The fraction of sp³-hybridized carbons (Fsp3) is 0.318. The van der Waals surface area contributed by atoms with Crippen molar-refractivity contribution in [2.45, 2.75) is 25.8 Å². The molecular formula is C22H26N6O3. The fourth-order valence-electron chi connectivity index (χ4n) is 3.04. The second kappa shape index (κ2) is 11.6. The molecular weight excluding hydrogens is 396 g/mol. The molecule has 2 aromatic carbocycles. The number of carbonyl (C=O) groups excluding carboxylic acids is 2. The molecule has 3 aromatic rings. The van der Waals surface area contributed by atoms with Gasteiger partial charge in [-0.1, -0.05) is 36.4 Å². The Morgan fingerprint density at radius 3 is 2.71 bits per heavy atom. The average molecular weight is 422 g/mol. The van der Waals surface area contributed by atoms with E-state index in [2.05, 4.69) is 26.2 Å². The summed E-state index contributed by atoms with van der Waals surface area (Å²) in [6.07, 6.45) is 2.58. The number of aromatic nitrogens is 4. The topological polar surface area (TPSA) is 111 Å². The van der Waals surface area contributed by atoms with Crippen molar-refractivity contribution in [2.75, 3.05) is 25.1 Å². The third kappa shape index (κ3) is 6.71. The number of ether oxygens (including phenoxy) is 1. The number of carbonyl (C=O) groups is 2. The SMILES string of the molecule is CCOCCCNC(=O)c1cccc(NC(=O)C(Cc2ccccc2)n2cnnn2)c1. The molecule has 2 amide bonds. The second-order valence-corrected chi connectivity index (χ2v) is 6.87. The maximum atomic E-state index is 13.0. The number of hydrogen-bond acceptors (Lipinski definition) is 6. The first-order chi connectivity index (χ1) is 15.2. The normalized spacial score (nSPS) is 11.6. The highest BCUT2D eigenvalue weighted by atomic mass is 16.5. The summed E-state index contributed by atoms with van der Waals surface area (Å²) in [6.45, 7) is 3.72. The van der Waals surface area contributed by atoms with E-state index in [0.29, 0.717) is 37.4 Å². The van der Waals surface area contributed by atoms with Crippen LogP contribution in [0.15, 0.2) is 60.9 Å². The van der Waals surface area contributed by atoms with Crippen LogP contribution in [0.2, 0.25) is 0 Å². The van der Waals surface area contributed by atoms with E-state index in [-0.39, 0.29) is 11.8 Å². The molecule has 0 fully saturated rings. The van der Waals surface area contributed by atoms with Crippen LogP contribution in [0.25, 0.3) is 0 Å². The Kier molecular flexibility index (Phi) is 8.24. The van der Waals surface area contributed by atoms with Crippen LogP contribution in [0.5, 0.6) is 0 Å². The molecule has 31 heavy (non-hydrogen) atoms. The van der Waals surface area contributed by atoms with E-state index in [0.717, 1.165) is 12.0 Å². The van der Waals surface area contributed by atoms with Gasteiger partial charge in [-0.05, 0) is 47.5 Å². The van der Waals surface area contributed by atoms with Gasteiger partial charge in [-0.25, -0.2) is 4.68 Å². The molecule has 162 valence electrons. The summed E-state index contributed by atoms with van der Waals surface area (Å²) in [5, 5.41) is 16.9. The van der Waals surface area contributed by atoms with Crippen LogP contribution in [0.1, 0.15) is 35.3 Å². The molecule has 1 atom stereocenters. The van der Waals surface area contributed by atoms with E-state index in [1.807, 2.05) is 37.3 Å². The van der Waals surface area contributed by atoms with Gasteiger partial charge in [0.1, 0.15) is 12.4 Å². The van der Waals surface area contributed by atoms with E-state index in [4.69, 9.17) is 4.74 Å². The summed E-state index contributed by atoms with van der Waals surface area (Å²) in [7, 11) is 0. The number of nitrogens with one attached hydrogen (secondary N) is 2. The minimum atomic E-state index is -0.631. The number of benzene rings is 2. The molecule has 1 heterocycles. The molecule has 3 rings (SSSR count). The lowest BCUT2D eigenvalue weighted by atomic mass is 10.1. The Hall–Kier alpha value is -3.59. The van der Waals surface area contributed by atoms with Gasteiger partial charge in [-0.2, -0.15) is 0 Å². The van der Waals surface area contributed by atoms with Crippen LogP contribution in [0.3, 0.4) is 0 Å². The average Bonchev–Trinajstić information content (AvgIpc) is 3.32. The molecule has 0 aliphatic rings. The van der Waals surface area contributed by atoms with Gasteiger partial charge in [0.2, 0.25) is 5.91 Å². The van der Waals surface area contributed by atoms with Crippen molar-refractivity contribution >= 4 is 17.5 Å². The molecule has 0 radical (unpaired) electrons. The van der Waals surface area contributed by atoms with Gasteiger partial charge in [0, 0.05) is 37.4 Å². The lowest BCUT2D eigenvalue weighted by molar-refractivity contribution is -0.119. The van der Waals surface area contributed by atoms with Gasteiger partial charge in [0.15, 0.2) is 0 Å². The molecule has 1 aromatic heterocycles. The number of hydrogen-bond donors (Lipinski definition) is 2. The first-order valence-electron chi connectivity index (χ1n) is 10.2. The van der Waals surface area contributed by atoms with Gasteiger partial charge in [0.05, 0.1) is 0 Å². The summed E-state index contributed by atoms with van der Waals surface area (Å²) in [6, 6.07) is 15.8. The van der Waals surface area contributed by atoms with Crippen molar-refractivity contribution < 1.29 is 14.3 Å². The van der Waals surface area contributed by atoms with Gasteiger partial charge in [-0.3, -0.25) is 9.59 Å². The maximum Gasteiger partial charge on any atom is 0.251 e. The standard InChI is InChI=1S/C22H26N6O3/c1-2-31-13-7-12-23-21(29)18-10-6-11-19(15-18)25-22(30)20(28-16-24-26-27-28)14-17-8-4-3-5-9-17/h3-6,8-11,15-16,20H,2,7,12-14H2,1H3,(H,23,29)(H,25,30). The van der Waals surface area contributed by atoms with Crippen molar-refractivity contribution in [1.29, 1.82) is 0 Å². The Balaban J connectivity index is 1.65. The quantitative estimate of drug-likeness (QED) is 0.459. The molecule has 0 aliphatic heterocycles. The molecule has 0 spiro atoms. The Morgan fingerprint density at radius 2 is 1.97 bits per heavy atom. The summed E-state index contributed by atoms with van der Waals surface area (Å²) >= 11 is 0. The monoisotopic (exact) mass is 422 g/mol. The molecule has 9 heteroatoms. The smallest absolute Gasteiger partial charge is 0.251 e. The van der Waals surface area contributed by atoms with Crippen molar-refractivity contribution in [2.24, 2.45) is 0 Å². The van der Waals surface area contributed by atoms with Crippen LogP contribution >= 0.6 is 0 Å². The second-order valence-electron chi connectivity index (χ2n) is 6.87. The molecule has 0 bridgehead atoms. The summed E-state index contributed by atoms with van der Waals surface area (Å²) in [5.74, 6) is -0.473. The highest BCUT2D eigenvalue weighted by molar-refractivity contribution is 5.98. The third-order valence-electron chi connectivity index (χ3n) is 4.61. The van der Waals surface area contributed by atoms with Crippen molar-refractivity contribution in [1.82, 2.24) is 25.5 Å². The van der Waals surface area contributed by atoms with Gasteiger partial charge in [0.25, 0.3) is 5.91 Å². The van der Waals surface area contributed by atoms with E-state index >= 15 is 0 Å². The van der Waals surface area contributed by atoms with Gasteiger partial charge >= 0.3 is 0 Å². The van der Waals surface area contributed by atoms with Crippen LogP contribution in [-0.2, 0) is 16.0 Å². The van der Waals surface area contributed by atoms with E-state index in [9.17, 15) is 9.59 Å². The summed E-state index contributed by atoms with van der Waals surface area (Å²) < 4.78 is 6.69. The zero-order valence-corrected chi connectivity index (χ0v) is 17.4. The van der Waals surface area contributed by atoms with E-state index < -0.39 is 6.04 Å². The third-order valence-corrected chi connectivity index (χ3v) is 4.61. The number of anilines is 1. The highest BCUT2D eigenvalue weighted by Crippen LogP contribution is 2.17. The predicted molar refractivity (Wildman–Crippen MR) is 116 cm³/mol. The van der Waals surface area contributed by atoms with Crippen molar-refractivity contribution in [3.05, 3.63) is 72.1 Å². The van der Waals surface area contributed by atoms with Gasteiger partial charge < -0.3 is 15.4 Å². The molecule has 1 unspecified atom stereocenters. The Labute approximate surface area is 180 Å². The van der Waals surface area contributed by atoms with E-state index in [1.165, 1.54) is 11.0 Å².